The van der Waals surface area contributed by atoms with Gasteiger partial charge in [-0.25, -0.2) is 0 Å². The molecule has 0 bridgehead atoms. The quantitative estimate of drug-likeness (QED) is 0.207. The van der Waals surface area contributed by atoms with Crippen molar-refractivity contribution < 1.29 is 9.90 Å². The first-order valence-electron chi connectivity index (χ1n) is 15.8. The molecular weight excluding hydrogens is 612 g/mol. The summed E-state index contributed by atoms with van der Waals surface area (Å²) in [5, 5.41) is 17.0. The highest BCUT2D eigenvalue weighted by Gasteiger charge is 2.38. The van der Waals surface area contributed by atoms with Crippen molar-refractivity contribution in [3.05, 3.63) is 130 Å². The first-order chi connectivity index (χ1) is 22.6. The zero-order chi connectivity index (χ0) is 33.7. The summed E-state index contributed by atoms with van der Waals surface area (Å²) < 4.78 is 1.57. The average molecular weight is 655 g/mol. The lowest BCUT2D eigenvalue weighted by molar-refractivity contribution is 0.0940. The topological polar surface area (TPSA) is 107 Å². The summed E-state index contributed by atoms with van der Waals surface area (Å²) in [5.41, 5.74) is 8.27. The number of hydrogen-bond acceptors (Lipinski definition) is 7. The van der Waals surface area contributed by atoms with Gasteiger partial charge in [-0.05, 0) is 84.9 Å². The number of hydrogen-bond donors (Lipinski definition) is 3. The molecule has 246 valence electrons. The van der Waals surface area contributed by atoms with E-state index in [4.69, 9.17) is 17.3 Å². The molecule has 9 nitrogen and oxygen atoms in total. The van der Waals surface area contributed by atoms with E-state index in [-0.39, 0.29) is 11.5 Å². The van der Waals surface area contributed by atoms with Crippen LogP contribution in [0.3, 0.4) is 0 Å². The molecule has 1 atom stereocenters. The highest BCUT2D eigenvalue weighted by atomic mass is 35.5. The van der Waals surface area contributed by atoms with Gasteiger partial charge in [0.1, 0.15) is 0 Å². The number of amides is 1. The largest absolute Gasteiger partial charge is 0.403 e. The highest BCUT2D eigenvalue weighted by Crippen LogP contribution is 2.40. The molecular formula is C37H43ClN6O3. The van der Waals surface area contributed by atoms with Gasteiger partial charge in [0.05, 0.1) is 11.2 Å². The highest BCUT2D eigenvalue weighted by molar-refractivity contribution is 6.30. The van der Waals surface area contributed by atoms with Gasteiger partial charge in [-0.3, -0.25) is 9.59 Å². The number of nitrogens with zero attached hydrogens (tertiary/aromatic N) is 4. The summed E-state index contributed by atoms with van der Waals surface area (Å²) in [7, 11) is 5.60. The molecule has 47 heavy (non-hydrogen) atoms. The van der Waals surface area contributed by atoms with Crippen LogP contribution in [0, 0.1) is 0 Å². The monoisotopic (exact) mass is 654 g/mol. The average Bonchev–Trinajstić information content (AvgIpc) is 3.08. The number of nitrogens with one attached hydrogen (secondary N) is 1. The van der Waals surface area contributed by atoms with Crippen molar-refractivity contribution in [2.24, 2.45) is 12.8 Å². The Morgan fingerprint density at radius 1 is 1.04 bits per heavy atom. The fourth-order valence-electron chi connectivity index (χ4n) is 6.18. The standard InChI is InChI=1S/C37H43ClN6O3/c1-5-42(3)34(25-39)37(47,28-12-10-26(11-13-28)36(46)40-16-7-17-44-20-18-41(2)19-21-44)29-14-15-33-32(23-29)31(24-35(45)43(33)4)27-8-6-9-30(38)22-27/h5-6,8-15,22-25,47H,1,7,16-21,39H2,2-4H3,(H,40,46)/b34-25-. The Kier molecular flexibility index (Phi) is 10.5. The van der Waals surface area contributed by atoms with Crippen molar-refractivity contribution in [1.29, 1.82) is 0 Å². The minimum atomic E-state index is -1.75. The van der Waals surface area contributed by atoms with Crippen LogP contribution in [0.5, 0.6) is 0 Å². The van der Waals surface area contributed by atoms with Crippen molar-refractivity contribution in [2.45, 2.75) is 12.0 Å². The Morgan fingerprint density at radius 2 is 1.74 bits per heavy atom. The Labute approximate surface area is 281 Å². The lowest BCUT2D eigenvalue weighted by Gasteiger charge is -2.36. The van der Waals surface area contributed by atoms with Gasteiger partial charge in [0.15, 0.2) is 5.60 Å². The predicted octanol–water partition coefficient (Wildman–Crippen LogP) is 4.34. The van der Waals surface area contributed by atoms with E-state index in [9.17, 15) is 14.7 Å². The first kappa shape index (κ1) is 33.9. The molecule has 1 aromatic heterocycles. The third-order valence-electron chi connectivity index (χ3n) is 9.08. The molecule has 4 N–H and O–H groups in total. The molecule has 10 heteroatoms. The number of halogens is 1. The van der Waals surface area contributed by atoms with Gasteiger partial charge >= 0.3 is 0 Å². The van der Waals surface area contributed by atoms with Crippen LogP contribution in [0.15, 0.2) is 102 Å². The summed E-state index contributed by atoms with van der Waals surface area (Å²) in [4.78, 5) is 32.4. The number of benzene rings is 3. The molecule has 1 aliphatic rings. The van der Waals surface area contributed by atoms with Crippen LogP contribution in [-0.4, -0.2) is 83.6 Å². The van der Waals surface area contributed by atoms with Gasteiger partial charge in [-0.2, -0.15) is 0 Å². The molecule has 1 amide bonds. The molecule has 0 aliphatic carbocycles. The fraction of sp³-hybridized carbons (Fsp3) is 0.297. The molecule has 3 aromatic carbocycles. The second-order valence-corrected chi connectivity index (χ2v) is 12.5. The second-order valence-electron chi connectivity index (χ2n) is 12.1. The maximum absolute atomic E-state index is 13.0. The van der Waals surface area contributed by atoms with E-state index in [1.165, 1.54) is 6.20 Å². The summed E-state index contributed by atoms with van der Waals surface area (Å²) in [6, 6.07) is 21.2. The van der Waals surface area contributed by atoms with Crippen molar-refractivity contribution in [3.8, 4) is 11.1 Å². The number of aliphatic hydroxyl groups is 1. The third kappa shape index (κ3) is 7.13. The van der Waals surface area contributed by atoms with E-state index in [0.717, 1.165) is 50.1 Å². The fourth-order valence-corrected chi connectivity index (χ4v) is 6.37. The SMILES string of the molecule is C=CN(C)/C(=C\N)C(O)(c1ccc(C(=O)NCCCN2CCN(C)CC2)cc1)c1ccc2c(c1)c(-c1cccc(Cl)c1)cc(=O)n2C. The van der Waals surface area contributed by atoms with Crippen LogP contribution >= 0.6 is 11.6 Å². The second kappa shape index (κ2) is 14.6. The molecule has 1 fully saturated rings. The molecule has 5 rings (SSSR count). The molecule has 2 heterocycles. The van der Waals surface area contributed by atoms with Gasteiger partial charge in [-0.1, -0.05) is 48.5 Å². The summed E-state index contributed by atoms with van der Waals surface area (Å²) >= 11 is 6.33. The number of carbonyl (C=O) groups excluding carboxylic acids is 1. The van der Waals surface area contributed by atoms with E-state index in [0.29, 0.717) is 45.0 Å². The van der Waals surface area contributed by atoms with E-state index >= 15 is 0 Å². The summed E-state index contributed by atoms with van der Waals surface area (Å²) in [6.45, 7) is 9.63. The Morgan fingerprint density at radius 3 is 2.40 bits per heavy atom. The van der Waals surface area contributed by atoms with Gasteiger partial charge in [0.2, 0.25) is 0 Å². The number of aromatic nitrogens is 1. The van der Waals surface area contributed by atoms with E-state index in [2.05, 4.69) is 28.7 Å². The Bertz CT molecular complexity index is 1850. The van der Waals surface area contributed by atoms with Gasteiger partial charge in [-0.15, -0.1) is 0 Å². The number of aryl methyl sites for hydroxylation is 1. The third-order valence-corrected chi connectivity index (χ3v) is 9.31. The molecule has 1 saturated heterocycles. The molecule has 0 saturated carbocycles. The molecule has 0 radical (unpaired) electrons. The van der Waals surface area contributed by atoms with Gasteiger partial charge < -0.3 is 35.4 Å². The van der Waals surface area contributed by atoms with Gasteiger partial charge in [0.25, 0.3) is 11.5 Å². The van der Waals surface area contributed by atoms with Crippen LogP contribution in [0.2, 0.25) is 5.02 Å². The lowest BCUT2D eigenvalue weighted by Crippen LogP contribution is -2.45. The summed E-state index contributed by atoms with van der Waals surface area (Å²) in [5.74, 6) is -0.172. The normalized spacial score (nSPS) is 15.7. The van der Waals surface area contributed by atoms with E-state index in [1.807, 2.05) is 30.3 Å². The number of likely N-dealkylation sites (N-methyl/N-ethyl adjacent to an activating group) is 2. The number of carbonyl (C=O) groups is 1. The Balaban J connectivity index is 1.48. The zero-order valence-electron chi connectivity index (χ0n) is 27.2. The van der Waals surface area contributed by atoms with Crippen molar-refractivity contribution >= 4 is 28.4 Å². The number of nitrogens with two attached hydrogens (primary N) is 1. The van der Waals surface area contributed by atoms with E-state index < -0.39 is 5.60 Å². The van der Waals surface area contributed by atoms with Crippen LogP contribution in [0.4, 0.5) is 0 Å². The summed E-state index contributed by atoms with van der Waals surface area (Å²) in [6.07, 6.45) is 3.79. The lowest BCUT2D eigenvalue weighted by atomic mass is 9.81. The first-order valence-corrected chi connectivity index (χ1v) is 16.1. The smallest absolute Gasteiger partial charge is 0.251 e. The Hall–Kier alpha value is -4.41. The number of fused-ring (bicyclic) bond motifs is 1. The van der Waals surface area contributed by atoms with Crippen LogP contribution in [0.1, 0.15) is 27.9 Å². The predicted molar refractivity (Wildman–Crippen MR) is 190 cm³/mol. The van der Waals surface area contributed by atoms with Crippen LogP contribution in [-0.2, 0) is 12.6 Å². The van der Waals surface area contributed by atoms with E-state index in [1.54, 1.807) is 72.2 Å². The van der Waals surface area contributed by atoms with Crippen molar-refractivity contribution in [3.63, 3.8) is 0 Å². The minimum Gasteiger partial charge on any atom is -0.403 e. The number of rotatable bonds is 11. The van der Waals surface area contributed by atoms with Crippen molar-refractivity contribution in [1.82, 2.24) is 24.6 Å². The molecule has 1 aliphatic heterocycles. The zero-order valence-corrected chi connectivity index (χ0v) is 28.0. The maximum Gasteiger partial charge on any atom is 0.251 e. The van der Waals surface area contributed by atoms with Crippen LogP contribution < -0.4 is 16.6 Å². The minimum absolute atomic E-state index is 0.169. The van der Waals surface area contributed by atoms with Crippen molar-refractivity contribution in [2.75, 3.05) is 53.4 Å². The van der Waals surface area contributed by atoms with Crippen LogP contribution in [0.25, 0.3) is 22.0 Å². The number of piperazine rings is 1. The van der Waals surface area contributed by atoms with Gasteiger partial charge in [0, 0.05) is 75.1 Å². The molecule has 4 aromatic rings. The molecule has 0 spiro atoms. The molecule has 1 unspecified atom stereocenters. The number of pyridine rings is 1. The maximum atomic E-state index is 13.0.